The zero-order valence-corrected chi connectivity index (χ0v) is 10.8. The molecule has 2 atom stereocenters. The maximum Gasteiger partial charge on any atom is 0.0117 e. The van der Waals surface area contributed by atoms with Crippen molar-refractivity contribution in [3.05, 3.63) is 0 Å². The minimum absolute atomic E-state index is 0.762. The lowest BCUT2D eigenvalue weighted by Gasteiger charge is -2.37. The number of rotatable bonds is 6. The molecule has 1 rings (SSSR count). The van der Waals surface area contributed by atoms with E-state index in [4.69, 9.17) is 0 Å². The lowest BCUT2D eigenvalue weighted by atomic mass is 9.93. The Morgan fingerprint density at radius 2 is 2.07 bits per heavy atom. The van der Waals surface area contributed by atoms with Crippen LogP contribution in [0.15, 0.2) is 0 Å². The Hall–Kier alpha value is -0.0800. The second-order valence-corrected chi connectivity index (χ2v) is 4.94. The normalized spacial score (nSPS) is 28.2. The van der Waals surface area contributed by atoms with Crippen molar-refractivity contribution in [2.24, 2.45) is 5.92 Å². The summed E-state index contributed by atoms with van der Waals surface area (Å²) < 4.78 is 0. The van der Waals surface area contributed by atoms with Gasteiger partial charge in [0.05, 0.1) is 0 Å². The second kappa shape index (κ2) is 7.24. The van der Waals surface area contributed by atoms with Crippen molar-refractivity contribution < 1.29 is 0 Å². The lowest BCUT2D eigenvalue weighted by Crippen LogP contribution is -2.48. The highest BCUT2D eigenvalue weighted by Crippen LogP contribution is 2.17. The zero-order chi connectivity index (χ0) is 11.1. The van der Waals surface area contributed by atoms with E-state index in [1.54, 1.807) is 0 Å². The average Bonchev–Trinajstić information content (AvgIpc) is 2.23. The van der Waals surface area contributed by atoms with Crippen LogP contribution in [-0.2, 0) is 0 Å². The van der Waals surface area contributed by atoms with Gasteiger partial charge in [-0.05, 0) is 38.4 Å². The molecule has 0 aliphatic carbocycles. The predicted molar refractivity (Wildman–Crippen MR) is 67.2 cm³/mol. The van der Waals surface area contributed by atoms with E-state index in [2.05, 4.69) is 31.0 Å². The van der Waals surface area contributed by atoms with E-state index in [-0.39, 0.29) is 0 Å². The zero-order valence-electron chi connectivity index (χ0n) is 10.8. The third-order valence-electron chi connectivity index (χ3n) is 3.53. The van der Waals surface area contributed by atoms with Crippen molar-refractivity contribution in [3.8, 4) is 0 Å². The molecule has 1 aliphatic rings. The molecule has 1 N–H and O–H groups in total. The van der Waals surface area contributed by atoms with E-state index < -0.39 is 0 Å². The average molecular weight is 212 g/mol. The molecule has 0 spiro atoms. The van der Waals surface area contributed by atoms with E-state index in [9.17, 15) is 0 Å². The molecule has 0 radical (unpaired) electrons. The van der Waals surface area contributed by atoms with Crippen LogP contribution in [0.25, 0.3) is 0 Å². The van der Waals surface area contributed by atoms with Crippen LogP contribution in [0.1, 0.15) is 46.5 Å². The maximum absolute atomic E-state index is 3.60. The molecule has 0 amide bonds. The van der Waals surface area contributed by atoms with Gasteiger partial charge in [-0.15, -0.1) is 0 Å². The molecule has 90 valence electrons. The number of nitrogens with one attached hydrogen (secondary N) is 1. The molecule has 15 heavy (non-hydrogen) atoms. The largest absolute Gasteiger partial charge is 0.314 e. The van der Waals surface area contributed by atoms with Gasteiger partial charge in [-0.25, -0.2) is 0 Å². The van der Waals surface area contributed by atoms with Gasteiger partial charge in [0.25, 0.3) is 0 Å². The number of hydrogen-bond donors (Lipinski definition) is 1. The highest BCUT2D eigenvalue weighted by molar-refractivity contribution is 4.82. The first-order valence-electron chi connectivity index (χ1n) is 6.73. The fraction of sp³-hybridized carbons (Fsp3) is 1.00. The molecular weight excluding hydrogens is 184 g/mol. The van der Waals surface area contributed by atoms with Crippen molar-refractivity contribution in [1.29, 1.82) is 0 Å². The molecule has 1 fully saturated rings. The first-order chi connectivity index (χ1) is 7.27. The molecule has 0 bridgehead atoms. The Bertz CT molecular complexity index is 159. The Labute approximate surface area is 95.4 Å². The van der Waals surface area contributed by atoms with Crippen LogP contribution in [0.4, 0.5) is 0 Å². The smallest absolute Gasteiger partial charge is 0.0117 e. The van der Waals surface area contributed by atoms with Crippen molar-refractivity contribution in [2.75, 3.05) is 26.2 Å². The molecule has 0 aromatic heterocycles. The van der Waals surface area contributed by atoms with Crippen LogP contribution in [0.3, 0.4) is 0 Å². The first-order valence-corrected chi connectivity index (χ1v) is 6.73. The summed E-state index contributed by atoms with van der Waals surface area (Å²) in [6.45, 7) is 11.9. The molecule has 1 saturated heterocycles. The van der Waals surface area contributed by atoms with Crippen molar-refractivity contribution in [1.82, 2.24) is 10.2 Å². The topological polar surface area (TPSA) is 15.3 Å². The highest BCUT2D eigenvalue weighted by Gasteiger charge is 2.24. The molecule has 0 aromatic carbocycles. The molecule has 1 heterocycles. The summed E-state index contributed by atoms with van der Waals surface area (Å²) in [6.07, 6.45) is 5.45. The highest BCUT2D eigenvalue weighted by atomic mass is 15.1. The molecule has 0 saturated carbocycles. The SMILES string of the molecule is CCCCCN1CCC(NCC)C(C)C1. The Balaban J connectivity index is 2.18. The van der Waals surface area contributed by atoms with Crippen LogP contribution in [0, 0.1) is 5.92 Å². The summed E-state index contributed by atoms with van der Waals surface area (Å²) in [5.41, 5.74) is 0. The third-order valence-corrected chi connectivity index (χ3v) is 3.53. The second-order valence-electron chi connectivity index (χ2n) is 4.94. The van der Waals surface area contributed by atoms with Gasteiger partial charge in [-0.2, -0.15) is 0 Å². The Morgan fingerprint density at radius 3 is 2.67 bits per heavy atom. The summed E-state index contributed by atoms with van der Waals surface area (Å²) in [4.78, 5) is 2.65. The number of likely N-dealkylation sites (tertiary alicyclic amines) is 1. The number of hydrogen-bond acceptors (Lipinski definition) is 2. The van der Waals surface area contributed by atoms with Gasteiger partial charge < -0.3 is 10.2 Å². The fourth-order valence-electron chi connectivity index (χ4n) is 2.59. The number of unbranched alkanes of at least 4 members (excludes halogenated alkanes) is 2. The van der Waals surface area contributed by atoms with Crippen LogP contribution < -0.4 is 5.32 Å². The Morgan fingerprint density at radius 1 is 1.27 bits per heavy atom. The third kappa shape index (κ3) is 4.52. The van der Waals surface area contributed by atoms with E-state index in [1.165, 1.54) is 45.3 Å². The van der Waals surface area contributed by atoms with Gasteiger partial charge in [-0.1, -0.05) is 33.6 Å². The molecule has 2 heteroatoms. The van der Waals surface area contributed by atoms with Crippen LogP contribution >= 0.6 is 0 Å². The van der Waals surface area contributed by atoms with E-state index in [0.717, 1.165) is 18.5 Å². The molecule has 1 aliphatic heterocycles. The van der Waals surface area contributed by atoms with E-state index in [1.807, 2.05) is 0 Å². The summed E-state index contributed by atoms with van der Waals surface area (Å²) in [5.74, 6) is 0.820. The summed E-state index contributed by atoms with van der Waals surface area (Å²) in [5, 5.41) is 3.60. The quantitative estimate of drug-likeness (QED) is 0.681. The van der Waals surface area contributed by atoms with Gasteiger partial charge in [-0.3, -0.25) is 0 Å². The lowest BCUT2D eigenvalue weighted by molar-refractivity contribution is 0.146. The Kier molecular flexibility index (Phi) is 6.26. The van der Waals surface area contributed by atoms with Gasteiger partial charge in [0.15, 0.2) is 0 Å². The minimum atomic E-state index is 0.762. The molecular formula is C13H28N2. The first kappa shape index (κ1) is 13.0. The van der Waals surface area contributed by atoms with Gasteiger partial charge >= 0.3 is 0 Å². The molecule has 0 aromatic rings. The summed E-state index contributed by atoms with van der Waals surface area (Å²) in [7, 11) is 0. The number of piperidine rings is 1. The van der Waals surface area contributed by atoms with Crippen LogP contribution in [0.5, 0.6) is 0 Å². The van der Waals surface area contributed by atoms with Crippen LogP contribution in [-0.4, -0.2) is 37.1 Å². The fourth-order valence-corrected chi connectivity index (χ4v) is 2.59. The molecule has 2 unspecified atom stereocenters. The summed E-state index contributed by atoms with van der Waals surface area (Å²) in [6, 6.07) is 0.762. The van der Waals surface area contributed by atoms with E-state index in [0.29, 0.717) is 0 Å². The van der Waals surface area contributed by atoms with Crippen LogP contribution in [0.2, 0.25) is 0 Å². The monoisotopic (exact) mass is 212 g/mol. The van der Waals surface area contributed by atoms with Crippen molar-refractivity contribution >= 4 is 0 Å². The number of nitrogens with zero attached hydrogens (tertiary/aromatic N) is 1. The van der Waals surface area contributed by atoms with Crippen molar-refractivity contribution in [2.45, 2.75) is 52.5 Å². The summed E-state index contributed by atoms with van der Waals surface area (Å²) >= 11 is 0. The van der Waals surface area contributed by atoms with Gasteiger partial charge in [0, 0.05) is 12.6 Å². The standard InChI is InChI=1S/C13H28N2/c1-4-6-7-9-15-10-8-13(14-5-2)12(3)11-15/h12-14H,4-11H2,1-3H3. The van der Waals surface area contributed by atoms with Gasteiger partial charge in [0.1, 0.15) is 0 Å². The predicted octanol–water partition coefficient (Wildman–Crippen LogP) is 2.50. The van der Waals surface area contributed by atoms with E-state index >= 15 is 0 Å². The van der Waals surface area contributed by atoms with Gasteiger partial charge in [0.2, 0.25) is 0 Å². The maximum atomic E-state index is 3.60. The van der Waals surface area contributed by atoms with Crippen molar-refractivity contribution in [3.63, 3.8) is 0 Å². The minimum Gasteiger partial charge on any atom is -0.314 e. The molecule has 2 nitrogen and oxygen atoms in total.